The predicted octanol–water partition coefficient (Wildman–Crippen LogP) is 2.43. The van der Waals surface area contributed by atoms with Crippen molar-refractivity contribution in [3.8, 4) is 0 Å². The summed E-state index contributed by atoms with van der Waals surface area (Å²) in [6, 6.07) is 0. The average molecular weight is 199 g/mol. The summed E-state index contributed by atoms with van der Waals surface area (Å²) in [5, 5.41) is 10.6. The number of carbonyl (C=O) groups is 1. The maximum Gasteiger partial charge on any atom is 0.365 e. The van der Waals surface area contributed by atoms with Gasteiger partial charge in [-0.3, -0.25) is 0 Å². The highest BCUT2D eigenvalue weighted by atomic mass is 32.1. The van der Waals surface area contributed by atoms with Crippen molar-refractivity contribution >= 4 is 17.3 Å². The molecule has 0 spiro atoms. The molecule has 3 nitrogen and oxygen atoms in total. The Morgan fingerprint density at radius 3 is 2.62 bits per heavy atom. The van der Waals surface area contributed by atoms with E-state index in [1.54, 1.807) is 0 Å². The summed E-state index contributed by atoms with van der Waals surface area (Å²) >= 11 is 1.19. The molecule has 0 radical (unpaired) electrons. The molecule has 1 N–H and O–H groups in total. The zero-order valence-electron chi connectivity index (χ0n) is 8.00. The van der Waals surface area contributed by atoms with Crippen molar-refractivity contribution in [2.45, 2.75) is 27.2 Å². The summed E-state index contributed by atoms with van der Waals surface area (Å²) in [6.07, 6.45) is 0.816. The molecule has 1 rings (SSSR count). The lowest BCUT2D eigenvalue weighted by Crippen LogP contribution is -2.09. The van der Waals surface area contributed by atoms with Crippen LogP contribution in [0.15, 0.2) is 5.38 Å². The molecule has 0 aliphatic rings. The normalized spacial score (nSPS) is 11.6. The van der Waals surface area contributed by atoms with Crippen molar-refractivity contribution in [3.63, 3.8) is 0 Å². The van der Waals surface area contributed by atoms with Crippen LogP contribution in [0.3, 0.4) is 0 Å². The second-order valence-electron chi connectivity index (χ2n) is 4.19. The van der Waals surface area contributed by atoms with Crippen molar-refractivity contribution < 1.29 is 9.90 Å². The molecule has 1 aromatic rings. The minimum absolute atomic E-state index is 0.157. The summed E-state index contributed by atoms with van der Waals surface area (Å²) in [6.45, 7) is 6.31. The number of hydrogen-bond acceptors (Lipinski definition) is 3. The number of thiazole rings is 1. The lowest BCUT2D eigenvalue weighted by Gasteiger charge is -2.15. The first kappa shape index (κ1) is 10.2. The van der Waals surface area contributed by atoms with E-state index in [4.69, 9.17) is 5.11 Å². The molecular weight excluding hydrogens is 186 g/mol. The van der Waals surface area contributed by atoms with Gasteiger partial charge in [0.1, 0.15) is 0 Å². The molecule has 0 aromatic carbocycles. The highest BCUT2D eigenvalue weighted by molar-refractivity contribution is 7.11. The van der Waals surface area contributed by atoms with Gasteiger partial charge in [0.15, 0.2) is 0 Å². The third kappa shape index (κ3) is 3.14. The molecule has 1 heterocycles. The number of aromatic nitrogens is 1. The number of rotatable bonds is 2. The quantitative estimate of drug-likeness (QED) is 0.795. The molecular formula is C9H13NO2S. The third-order valence-corrected chi connectivity index (χ3v) is 2.33. The van der Waals surface area contributed by atoms with E-state index >= 15 is 0 Å². The van der Waals surface area contributed by atoms with Gasteiger partial charge in [0, 0.05) is 5.38 Å². The smallest absolute Gasteiger partial charge is 0.365 e. The summed E-state index contributed by atoms with van der Waals surface area (Å²) in [4.78, 5) is 14.5. The molecule has 0 saturated heterocycles. The fourth-order valence-corrected chi connectivity index (χ4v) is 1.68. The molecule has 0 saturated carbocycles. The predicted molar refractivity (Wildman–Crippen MR) is 52.2 cm³/mol. The van der Waals surface area contributed by atoms with Gasteiger partial charge in [-0.2, -0.15) is 0 Å². The SMILES string of the molecule is CC(C)(C)Cc1csc(C(=O)O)n1. The van der Waals surface area contributed by atoms with E-state index in [2.05, 4.69) is 25.8 Å². The maximum atomic E-state index is 10.5. The molecule has 4 heteroatoms. The fourth-order valence-electron chi connectivity index (χ4n) is 1.03. The van der Waals surface area contributed by atoms with Gasteiger partial charge in [0.25, 0.3) is 0 Å². The van der Waals surface area contributed by atoms with E-state index in [0.29, 0.717) is 0 Å². The van der Waals surface area contributed by atoms with Crippen LogP contribution in [0, 0.1) is 5.41 Å². The van der Waals surface area contributed by atoms with Crippen LogP contribution in [-0.2, 0) is 6.42 Å². The van der Waals surface area contributed by atoms with Crippen LogP contribution in [0.5, 0.6) is 0 Å². The Morgan fingerprint density at radius 1 is 1.62 bits per heavy atom. The van der Waals surface area contributed by atoms with Gasteiger partial charge < -0.3 is 5.11 Å². The van der Waals surface area contributed by atoms with E-state index in [1.807, 2.05) is 5.38 Å². The van der Waals surface area contributed by atoms with Crippen LogP contribution in [0.1, 0.15) is 36.3 Å². The van der Waals surface area contributed by atoms with Gasteiger partial charge in [-0.1, -0.05) is 20.8 Å². The minimum Gasteiger partial charge on any atom is -0.476 e. The van der Waals surface area contributed by atoms with Gasteiger partial charge in [0.2, 0.25) is 5.01 Å². The topological polar surface area (TPSA) is 50.2 Å². The van der Waals surface area contributed by atoms with E-state index in [0.717, 1.165) is 12.1 Å². The highest BCUT2D eigenvalue weighted by Crippen LogP contribution is 2.21. The summed E-state index contributed by atoms with van der Waals surface area (Å²) in [5.74, 6) is -0.940. The molecule has 0 aliphatic heterocycles. The average Bonchev–Trinajstić information content (AvgIpc) is 2.31. The standard InChI is InChI=1S/C9H13NO2S/c1-9(2,3)4-6-5-13-7(10-6)8(11)12/h5H,4H2,1-3H3,(H,11,12). The Labute approximate surface area is 81.4 Å². The van der Waals surface area contributed by atoms with Gasteiger partial charge >= 0.3 is 5.97 Å². The zero-order chi connectivity index (χ0) is 10.1. The van der Waals surface area contributed by atoms with Crippen molar-refractivity contribution in [2.75, 3.05) is 0 Å². The summed E-state index contributed by atoms with van der Waals surface area (Å²) in [5.41, 5.74) is 1.03. The Kier molecular flexibility index (Phi) is 2.71. The molecule has 13 heavy (non-hydrogen) atoms. The molecule has 0 bridgehead atoms. The number of nitrogens with zero attached hydrogens (tertiary/aromatic N) is 1. The number of carboxylic acids is 1. The largest absolute Gasteiger partial charge is 0.476 e. The van der Waals surface area contributed by atoms with Crippen LogP contribution in [0.25, 0.3) is 0 Å². The highest BCUT2D eigenvalue weighted by Gasteiger charge is 2.15. The molecule has 0 amide bonds. The monoisotopic (exact) mass is 199 g/mol. The molecule has 0 atom stereocenters. The van der Waals surface area contributed by atoms with Crippen LogP contribution < -0.4 is 0 Å². The Bertz CT molecular complexity index is 312. The van der Waals surface area contributed by atoms with E-state index in [-0.39, 0.29) is 10.4 Å². The summed E-state index contributed by atoms with van der Waals surface area (Å²) < 4.78 is 0. The molecule has 0 unspecified atom stereocenters. The number of aromatic carboxylic acids is 1. The van der Waals surface area contributed by atoms with Crippen LogP contribution >= 0.6 is 11.3 Å². The summed E-state index contributed by atoms with van der Waals surface area (Å²) in [7, 11) is 0. The molecule has 1 aromatic heterocycles. The van der Waals surface area contributed by atoms with Crippen molar-refractivity contribution in [2.24, 2.45) is 5.41 Å². The first-order valence-corrected chi connectivity index (χ1v) is 4.94. The molecule has 72 valence electrons. The van der Waals surface area contributed by atoms with E-state index < -0.39 is 5.97 Å². The van der Waals surface area contributed by atoms with Crippen LogP contribution in [0.2, 0.25) is 0 Å². The first-order valence-electron chi connectivity index (χ1n) is 4.06. The lowest BCUT2D eigenvalue weighted by atomic mass is 9.91. The van der Waals surface area contributed by atoms with Crippen molar-refractivity contribution in [1.29, 1.82) is 0 Å². The third-order valence-electron chi connectivity index (χ3n) is 1.45. The van der Waals surface area contributed by atoms with Crippen LogP contribution in [-0.4, -0.2) is 16.1 Å². The van der Waals surface area contributed by atoms with Gasteiger partial charge in [0.05, 0.1) is 5.69 Å². The van der Waals surface area contributed by atoms with Crippen molar-refractivity contribution in [1.82, 2.24) is 4.98 Å². The van der Waals surface area contributed by atoms with Gasteiger partial charge in [-0.15, -0.1) is 11.3 Å². The van der Waals surface area contributed by atoms with Gasteiger partial charge in [-0.05, 0) is 11.8 Å². The van der Waals surface area contributed by atoms with Gasteiger partial charge in [-0.25, -0.2) is 9.78 Å². The fraction of sp³-hybridized carbons (Fsp3) is 0.556. The van der Waals surface area contributed by atoms with E-state index in [1.165, 1.54) is 11.3 Å². The number of carboxylic acid groups (broad SMARTS) is 1. The van der Waals surface area contributed by atoms with Crippen molar-refractivity contribution in [3.05, 3.63) is 16.1 Å². The number of hydrogen-bond donors (Lipinski definition) is 1. The Hall–Kier alpha value is -0.900. The van der Waals surface area contributed by atoms with E-state index in [9.17, 15) is 4.79 Å². The first-order chi connectivity index (χ1) is 5.88. The van der Waals surface area contributed by atoms with Crippen LogP contribution in [0.4, 0.5) is 0 Å². The molecule has 0 fully saturated rings. The lowest BCUT2D eigenvalue weighted by molar-refractivity contribution is 0.0696. The zero-order valence-corrected chi connectivity index (χ0v) is 8.81. The maximum absolute atomic E-state index is 10.5. The Morgan fingerprint density at radius 2 is 2.23 bits per heavy atom. The second kappa shape index (κ2) is 3.46. The molecule has 0 aliphatic carbocycles. The Balaban J connectivity index is 2.75. The minimum atomic E-state index is -0.940. The second-order valence-corrected chi connectivity index (χ2v) is 5.04.